The van der Waals surface area contributed by atoms with Crippen LogP contribution in [0.1, 0.15) is 54.7 Å². The summed E-state index contributed by atoms with van der Waals surface area (Å²) >= 11 is -1.86. The normalized spacial score (nSPS) is 16.8. The zero-order valence-corrected chi connectivity index (χ0v) is 16.4. The molecule has 1 heterocycles. The van der Waals surface area contributed by atoms with Crippen molar-refractivity contribution in [3.05, 3.63) is 59.3 Å². The number of pyridine rings is 1. The molecule has 1 fully saturated rings. The average molecular weight is 387 g/mol. The van der Waals surface area contributed by atoms with E-state index < -0.39 is 11.1 Å². The van der Waals surface area contributed by atoms with E-state index in [9.17, 15) is 9.00 Å². The summed E-state index contributed by atoms with van der Waals surface area (Å²) in [6.07, 6.45) is 7.39. The highest BCUT2D eigenvalue weighted by Gasteiger charge is 2.27. The highest BCUT2D eigenvalue weighted by Crippen LogP contribution is 2.35. The number of hydrogen-bond donors (Lipinski definition) is 2. The van der Waals surface area contributed by atoms with Crippen LogP contribution >= 0.6 is 0 Å². The Morgan fingerprint density at radius 2 is 1.93 bits per heavy atom. The van der Waals surface area contributed by atoms with Crippen LogP contribution in [-0.2, 0) is 21.6 Å². The second kappa shape index (κ2) is 9.24. The summed E-state index contributed by atoms with van der Waals surface area (Å²) in [5.74, 6) is 0.944. The highest BCUT2D eigenvalue weighted by atomic mass is 32.2. The number of nitrogens with one attached hydrogen (secondary N) is 1. The van der Waals surface area contributed by atoms with E-state index >= 15 is 0 Å². The van der Waals surface area contributed by atoms with Gasteiger partial charge in [0.15, 0.2) is 11.1 Å². The number of benzene rings is 1. The third-order valence-electron chi connectivity index (χ3n) is 5.20. The van der Waals surface area contributed by atoms with Crippen LogP contribution in [0.4, 0.5) is 5.82 Å². The predicted octanol–water partition coefficient (Wildman–Crippen LogP) is 4.41. The Kier molecular flexibility index (Phi) is 6.74. The number of amides is 1. The van der Waals surface area contributed by atoms with Crippen molar-refractivity contribution < 1.29 is 13.6 Å². The van der Waals surface area contributed by atoms with Crippen LogP contribution in [0.3, 0.4) is 0 Å². The number of nitrogens with zero attached hydrogens (tertiary/aromatic N) is 1. The average Bonchev–Trinajstić information content (AvgIpc) is 3.15. The number of carbonyl (C=O) groups is 1. The first-order valence-electron chi connectivity index (χ1n) is 9.41. The molecular formula is C21H26N2O3S. The van der Waals surface area contributed by atoms with Gasteiger partial charge in [0.2, 0.25) is 5.91 Å². The Morgan fingerprint density at radius 3 is 2.52 bits per heavy atom. The Hall–Kier alpha value is -2.05. The van der Waals surface area contributed by atoms with Crippen molar-refractivity contribution in [2.24, 2.45) is 5.92 Å². The van der Waals surface area contributed by atoms with Crippen molar-refractivity contribution in [1.29, 1.82) is 0 Å². The fraction of sp³-hybridized carbons (Fsp3) is 0.429. The highest BCUT2D eigenvalue weighted by molar-refractivity contribution is 7.78. The van der Waals surface area contributed by atoms with Gasteiger partial charge >= 0.3 is 0 Å². The molecule has 1 aromatic carbocycles. The molecule has 5 nitrogen and oxygen atoms in total. The van der Waals surface area contributed by atoms with Crippen LogP contribution in [0.5, 0.6) is 0 Å². The third kappa shape index (κ3) is 5.71. The molecule has 3 rings (SSSR count). The fourth-order valence-electron chi connectivity index (χ4n) is 3.72. The molecule has 144 valence electrons. The van der Waals surface area contributed by atoms with E-state index in [0.29, 0.717) is 11.7 Å². The molecule has 0 spiro atoms. The van der Waals surface area contributed by atoms with Gasteiger partial charge in [-0.25, -0.2) is 9.19 Å². The van der Waals surface area contributed by atoms with Gasteiger partial charge in [0, 0.05) is 6.20 Å². The van der Waals surface area contributed by atoms with Crippen LogP contribution in [-0.4, -0.2) is 19.7 Å². The Bertz CT molecular complexity index is 784. The van der Waals surface area contributed by atoms with E-state index in [1.54, 1.807) is 6.20 Å². The van der Waals surface area contributed by atoms with Crippen LogP contribution in [0.25, 0.3) is 0 Å². The molecule has 2 aromatic rings. The second-order valence-corrected chi connectivity index (χ2v) is 8.29. The summed E-state index contributed by atoms with van der Waals surface area (Å²) in [6, 6.07) is 11.2. The minimum Gasteiger partial charge on any atom is -0.310 e. The lowest BCUT2D eigenvalue weighted by atomic mass is 9.87. The maximum atomic E-state index is 13.0. The number of aromatic nitrogens is 1. The van der Waals surface area contributed by atoms with E-state index in [1.807, 2.05) is 43.3 Å². The van der Waals surface area contributed by atoms with Crippen molar-refractivity contribution in [3.8, 4) is 0 Å². The maximum absolute atomic E-state index is 13.0. The van der Waals surface area contributed by atoms with Crippen molar-refractivity contribution in [1.82, 2.24) is 4.98 Å². The summed E-state index contributed by atoms with van der Waals surface area (Å²) in [4.78, 5) is 17.3. The summed E-state index contributed by atoms with van der Waals surface area (Å²) in [7, 11) is 0. The maximum Gasteiger partial charge on any atom is 0.233 e. The number of anilines is 1. The lowest BCUT2D eigenvalue weighted by Gasteiger charge is -2.21. The smallest absolute Gasteiger partial charge is 0.233 e. The predicted molar refractivity (Wildman–Crippen MR) is 108 cm³/mol. The molecule has 1 aliphatic rings. The van der Waals surface area contributed by atoms with Gasteiger partial charge < -0.3 is 9.87 Å². The summed E-state index contributed by atoms with van der Waals surface area (Å²) in [5.41, 5.74) is 2.78. The van der Waals surface area contributed by atoms with Gasteiger partial charge in [0.25, 0.3) is 0 Å². The molecule has 1 aliphatic carbocycles. The largest absolute Gasteiger partial charge is 0.310 e. The molecule has 27 heavy (non-hydrogen) atoms. The van der Waals surface area contributed by atoms with Gasteiger partial charge in [-0.15, -0.1) is 0 Å². The molecule has 0 saturated heterocycles. The molecule has 6 heteroatoms. The van der Waals surface area contributed by atoms with Crippen LogP contribution in [0.2, 0.25) is 0 Å². The topological polar surface area (TPSA) is 79.3 Å². The Morgan fingerprint density at radius 1 is 1.22 bits per heavy atom. The van der Waals surface area contributed by atoms with Crippen molar-refractivity contribution >= 4 is 22.8 Å². The van der Waals surface area contributed by atoms with Gasteiger partial charge in [0.05, 0.1) is 11.7 Å². The quantitative estimate of drug-likeness (QED) is 0.691. The van der Waals surface area contributed by atoms with Crippen LogP contribution in [0, 0.1) is 12.8 Å². The van der Waals surface area contributed by atoms with E-state index in [-0.39, 0.29) is 17.6 Å². The molecule has 1 amide bonds. The number of hydrogen-bond acceptors (Lipinski definition) is 3. The first-order valence-corrected chi connectivity index (χ1v) is 10.7. The standard InChI is InChI=1S/C21H26N2O3S/c1-15-6-11-20(22-13-15)23-21(24)19(12-16-4-2-3-5-16)18-9-7-17(8-10-18)14-27(25)26/h6-11,13,16,19H,2-5,12,14H2,1H3,(H,25,26)(H,22,23,24). The van der Waals surface area contributed by atoms with E-state index in [0.717, 1.165) is 23.1 Å². The SMILES string of the molecule is Cc1ccc(NC(=O)C(CC2CCCC2)c2ccc(CS(=O)O)cc2)nc1. The lowest BCUT2D eigenvalue weighted by molar-refractivity contribution is -0.118. The molecule has 1 saturated carbocycles. The second-order valence-electron chi connectivity index (χ2n) is 7.36. The lowest BCUT2D eigenvalue weighted by Crippen LogP contribution is -2.23. The zero-order valence-electron chi connectivity index (χ0n) is 15.6. The van der Waals surface area contributed by atoms with Crippen molar-refractivity contribution in [2.75, 3.05) is 5.32 Å². The number of aryl methyl sites for hydroxylation is 1. The van der Waals surface area contributed by atoms with E-state index in [2.05, 4.69) is 10.3 Å². The minimum absolute atomic E-state index is 0.0447. The van der Waals surface area contributed by atoms with Gasteiger partial charge in [-0.3, -0.25) is 4.79 Å². The molecule has 1 aromatic heterocycles. The Labute approximate surface area is 162 Å². The molecule has 2 unspecified atom stereocenters. The first kappa shape index (κ1) is 19.7. The van der Waals surface area contributed by atoms with Crippen LogP contribution < -0.4 is 5.32 Å². The molecule has 0 bridgehead atoms. The number of carbonyl (C=O) groups excluding carboxylic acids is 1. The monoisotopic (exact) mass is 386 g/mol. The zero-order chi connectivity index (χ0) is 19.2. The first-order chi connectivity index (χ1) is 13.0. The van der Waals surface area contributed by atoms with Crippen LogP contribution in [0.15, 0.2) is 42.6 Å². The summed E-state index contributed by atoms with van der Waals surface area (Å²) in [6.45, 7) is 1.96. The van der Waals surface area contributed by atoms with Gasteiger partial charge in [-0.1, -0.05) is 56.0 Å². The molecule has 0 radical (unpaired) electrons. The summed E-state index contributed by atoms with van der Waals surface area (Å²) in [5, 5.41) is 2.95. The molecule has 2 atom stereocenters. The van der Waals surface area contributed by atoms with E-state index in [4.69, 9.17) is 4.55 Å². The fourth-order valence-corrected chi connectivity index (χ4v) is 4.20. The summed E-state index contributed by atoms with van der Waals surface area (Å²) < 4.78 is 20.0. The van der Waals surface area contributed by atoms with Gasteiger partial charge in [-0.05, 0) is 42.0 Å². The van der Waals surface area contributed by atoms with Crippen molar-refractivity contribution in [2.45, 2.75) is 50.7 Å². The minimum atomic E-state index is -1.86. The molecule has 0 aliphatic heterocycles. The van der Waals surface area contributed by atoms with E-state index in [1.165, 1.54) is 25.7 Å². The van der Waals surface area contributed by atoms with Crippen molar-refractivity contribution in [3.63, 3.8) is 0 Å². The van der Waals surface area contributed by atoms with Gasteiger partial charge in [-0.2, -0.15) is 0 Å². The molecule has 2 N–H and O–H groups in total. The third-order valence-corrected chi connectivity index (χ3v) is 5.78. The number of rotatable bonds is 7. The Balaban J connectivity index is 1.77. The van der Waals surface area contributed by atoms with Gasteiger partial charge in [0.1, 0.15) is 5.82 Å². The molecular weight excluding hydrogens is 360 g/mol.